The van der Waals surface area contributed by atoms with Gasteiger partial charge in [0.15, 0.2) is 0 Å². The third-order valence-corrected chi connectivity index (χ3v) is 6.11. The number of nitrogens with zero attached hydrogens (tertiary/aromatic N) is 3. The van der Waals surface area contributed by atoms with Gasteiger partial charge in [0.05, 0.1) is 19.2 Å². The minimum Gasteiger partial charge on any atom is -0.481 e. The van der Waals surface area contributed by atoms with E-state index in [9.17, 15) is 14.4 Å². The predicted octanol–water partition coefficient (Wildman–Crippen LogP) is 3.22. The van der Waals surface area contributed by atoms with Crippen LogP contribution in [0.3, 0.4) is 0 Å². The first-order valence-electron chi connectivity index (χ1n) is 10.6. The van der Waals surface area contributed by atoms with Crippen molar-refractivity contribution in [1.82, 2.24) is 20.1 Å². The van der Waals surface area contributed by atoms with Gasteiger partial charge in [-0.05, 0) is 36.8 Å². The first-order valence-corrected chi connectivity index (χ1v) is 11.0. The molecule has 1 aromatic carbocycles. The highest BCUT2D eigenvalue weighted by Gasteiger charge is 2.39. The predicted molar refractivity (Wildman–Crippen MR) is 126 cm³/mol. The summed E-state index contributed by atoms with van der Waals surface area (Å²) in [6, 6.07) is 4.48. The lowest BCUT2D eigenvalue weighted by atomic mass is 9.91. The van der Waals surface area contributed by atoms with E-state index in [2.05, 4.69) is 16.9 Å². The van der Waals surface area contributed by atoms with Gasteiger partial charge >= 0.3 is 0 Å². The van der Waals surface area contributed by atoms with Crippen LogP contribution in [-0.2, 0) is 9.59 Å². The zero-order valence-corrected chi connectivity index (χ0v) is 20.1. The summed E-state index contributed by atoms with van der Waals surface area (Å²) < 4.78 is 21.3. The third kappa shape index (κ3) is 4.75. The van der Waals surface area contributed by atoms with Crippen LogP contribution in [0.15, 0.2) is 36.9 Å². The van der Waals surface area contributed by atoms with E-state index in [0.29, 0.717) is 12.1 Å². The van der Waals surface area contributed by atoms with Crippen LogP contribution in [0.2, 0.25) is 5.02 Å². The maximum atomic E-state index is 16.1. The normalized spacial score (nSPS) is 17.8. The van der Waals surface area contributed by atoms with E-state index in [0.717, 1.165) is 0 Å². The van der Waals surface area contributed by atoms with Gasteiger partial charge in [0, 0.05) is 49.3 Å². The van der Waals surface area contributed by atoms with Gasteiger partial charge in [-0.2, -0.15) is 0 Å². The quantitative estimate of drug-likeness (QED) is 0.652. The molecule has 0 bridgehead atoms. The maximum absolute atomic E-state index is 16.1. The van der Waals surface area contributed by atoms with Crippen molar-refractivity contribution >= 4 is 29.3 Å². The molecule has 0 saturated carbocycles. The number of ether oxygens (including phenoxy) is 1. The Hall–Kier alpha value is -3.46. The van der Waals surface area contributed by atoms with Crippen LogP contribution in [0.5, 0.6) is 5.88 Å². The number of benzene rings is 1. The Morgan fingerprint density at radius 3 is 2.50 bits per heavy atom. The van der Waals surface area contributed by atoms with Crippen molar-refractivity contribution in [3.05, 3.63) is 59.0 Å². The van der Waals surface area contributed by atoms with Crippen LogP contribution in [0.25, 0.3) is 11.1 Å². The molecular weight excluding hydrogens is 463 g/mol. The highest BCUT2D eigenvalue weighted by molar-refractivity contribution is 6.31. The number of halogens is 2. The largest absolute Gasteiger partial charge is 0.481 e. The second-order valence-corrected chi connectivity index (χ2v) is 8.29. The summed E-state index contributed by atoms with van der Waals surface area (Å²) in [5.74, 6) is -1.54. The van der Waals surface area contributed by atoms with Crippen molar-refractivity contribution in [2.24, 2.45) is 0 Å². The molecule has 1 N–H and O–H groups in total. The van der Waals surface area contributed by atoms with Crippen LogP contribution >= 0.6 is 11.6 Å². The Bertz CT molecular complexity index is 1160. The minimum absolute atomic E-state index is 0.0388. The Morgan fingerprint density at radius 2 is 1.91 bits per heavy atom. The molecule has 2 atom stereocenters. The van der Waals surface area contributed by atoms with E-state index in [1.165, 1.54) is 56.3 Å². The summed E-state index contributed by atoms with van der Waals surface area (Å²) in [5.41, 5.74) is 0.626. The zero-order chi connectivity index (χ0) is 25.2. The lowest BCUT2D eigenvalue weighted by molar-refractivity contribution is -0.143. The van der Waals surface area contributed by atoms with Crippen LogP contribution in [0.1, 0.15) is 35.9 Å². The van der Waals surface area contributed by atoms with E-state index in [1.54, 1.807) is 11.8 Å². The highest BCUT2D eigenvalue weighted by Crippen LogP contribution is 2.39. The average molecular weight is 489 g/mol. The molecule has 1 saturated heterocycles. The lowest BCUT2D eigenvalue weighted by Gasteiger charge is -2.46. The van der Waals surface area contributed by atoms with E-state index in [4.69, 9.17) is 16.3 Å². The van der Waals surface area contributed by atoms with E-state index in [-0.39, 0.29) is 46.1 Å². The minimum atomic E-state index is -0.783. The van der Waals surface area contributed by atoms with E-state index in [1.807, 2.05) is 0 Å². The second-order valence-electron chi connectivity index (χ2n) is 7.85. The number of pyridine rings is 1. The number of hydrogen-bond donors (Lipinski definition) is 1. The van der Waals surface area contributed by atoms with Gasteiger partial charge < -0.3 is 19.9 Å². The third-order valence-electron chi connectivity index (χ3n) is 5.89. The molecule has 0 spiro atoms. The van der Waals surface area contributed by atoms with Gasteiger partial charge in [-0.25, -0.2) is 9.37 Å². The molecule has 8 nitrogen and oxygen atoms in total. The second kappa shape index (κ2) is 10.2. The average Bonchev–Trinajstić information content (AvgIpc) is 2.83. The van der Waals surface area contributed by atoms with Crippen molar-refractivity contribution in [3.8, 4) is 17.0 Å². The number of rotatable bonds is 5. The number of methoxy groups -OCH3 is 1. The number of carbonyl (C=O) groups excluding carboxylic acids is 3. The number of hydrogen-bond acceptors (Lipinski definition) is 5. The van der Waals surface area contributed by atoms with Gasteiger partial charge in [-0.15, -0.1) is 0 Å². The number of aromatic nitrogens is 1. The number of nitrogens with one attached hydrogen (secondary N) is 1. The molecule has 0 radical (unpaired) electrons. The van der Waals surface area contributed by atoms with Gasteiger partial charge in [0.25, 0.3) is 5.91 Å². The summed E-state index contributed by atoms with van der Waals surface area (Å²) in [7, 11) is 2.84. The fourth-order valence-corrected chi connectivity index (χ4v) is 4.47. The van der Waals surface area contributed by atoms with Crippen molar-refractivity contribution in [2.75, 3.05) is 27.2 Å². The van der Waals surface area contributed by atoms with E-state index < -0.39 is 23.8 Å². The fourth-order valence-electron chi connectivity index (χ4n) is 4.24. The Kier molecular flexibility index (Phi) is 7.56. The molecule has 2 unspecified atom stereocenters. The Labute approximate surface area is 202 Å². The van der Waals surface area contributed by atoms with Gasteiger partial charge in [0.1, 0.15) is 11.5 Å². The summed E-state index contributed by atoms with van der Waals surface area (Å²) in [6.07, 6.45) is 1.19. The summed E-state index contributed by atoms with van der Waals surface area (Å²) in [4.78, 5) is 44.2. The Morgan fingerprint density at radius 1 is 1.24 bits per heavy atom. The molecule has 0 aliphatic carbocycles. The molecule has 1 fully saturated rings. The summed E-state index contributed by atoms with van der Waals surface area (Å²) in [5, 5.41) is 2.71. The molecule has 3 amide bonds. The monoisotopic (exact) mass is 488 g/mol. The fraction of sp³-hybridized carbons (Fsp3) is 0.333. The number of amides is 3. The van der Waals surface area contributed by atoms with E-state index >= 15 is 4.39 Å². The van der Waals surface area contributed by atoms with Crippen molar-refractivity contribution in [2.45, 2.75) is 25.9 Å². The van der Waals surface area contributed by atoms with Crippen LogP contribution in [0, 0.1) is 5.82 Å². The van der Waals surface area contributed by atoms with Crippen molar-refractivity contribution < 1.29 is 23.5 Å². The molecule has 3 rings (SSSR count). The summed E-state index contributed by atoms with van der Waals surface area (Å²) in [6.45, 7) is 7.22. The van der Waals surface area contributed by atoms with Gasteiger partial charge in [0.2, 0.25) is 17.7 Å². The molecule has 1 aliphatic heterocycles. The smallest absolute Gasteiger partial charge is 0.269 e. The molecule has 180 valence electrons. The van der Waals surface area contributed by atoms with Crippen molar-refractivity contribution in [3.63, 3.8) is 0 Å². The SMILES string of the molecule is C=CC(=O)N1CCN(C(C)=O)C(c2cc(Cl)cc(-c3cc(OC)nc(C(=O)NC)c3)c2F)C1C. The zero-order valence-electron chi connectivity index (χ0n) is 19.4. The van der Waals surface area contributed by atoms with Crippen LogP contribution in [0.4, 0.5) is 4.39 Å². The van der Waals surface area contributed by atoms with Crippen molar-refractivity contribution in [1.29, 1.82) is 0 Å². The molecule has 2 aromatic rings. The number of piperazine rings is 1. The van der Waals surface area contributed by atoms with Gasteiger partial charge in [-0.3, -0.25) is 14.4 Å². The summed E-state index contributed by atoms with van der Waals surface area (Å²) >= 11 is 6.40. The van der Waals surface area contributed by atoms with Crippen LogP contribution < -0.4 is 10.1 Å². The Balaban J connectivity index is 2.21. The van der Waals surface area contributed by atoms with Crippen LogP contribution in [-0.4, -0.2) is 65.8 Å². The molecule has 10 heteroatoms. The molecule has 2 heterocycles. The molecular formula is C24H26ClFN4O4. The highest BCUT2D eigenvalue weighted by atomic mass is 35.5. The molecule has 1 aliphatic rings. The maximum Gasteiger partial charge on any atom is 0.269 e. The molecule has 34 heavy (non-hydrogen) atoms. The standard InChI is InChI=1S/C24H26ClFN4O4/c1-6-21(32)29-7-8-30(14(3)31)23(13(29)2)18-12-16(25)11-17(22(18)26)15-9-19(24(33)27-4)28-20(10-15)34-5/h6,9-13,23H,1,7-8H2,2-5H3,(H,27,33). The molecule has 1 aromatic heterocycles. The first kappa shape index (κ1) is 25.2. The topological polar surface area (TPSA) is 91.8 Å². The first-order chi connectivity index (χ1) is 16.1. The number of carbonyl (C=O) groups is 3. The van der Waals surface area contributed by atoms with Gasteiger partial charge in [-0.1, -0.05) is 18.2 Å². The lowest BCUT2D eigenvalue weighted by Crippen LogP contribution is -2.56.